The number of piperidine rings is 1. The predicted molar refractivity (Wildman–Crippen MR) is 108 cm³/mol. The van der Waals surface area contributed by atoms with Crippen molar-refractivity contribution in [1.29, 1.82) is 0 Å². The molecule has 1 saturated heterocycles. The molecule has 2 aromatic rings. The molecule has 1 aliphatic rings. The number of nitrogens with one attached hydrogen (secondary N) is 1. The lowest BCUT2D eigenvalue weighted by Crippen LogP contribution is -2.39. The molecule has 1 heterocycles. The fourth-order valence-corrected chi connectivity index (χ4v) is 3.49. The van der Waals surface area contributed by atoms with Crippen LogP contribution in [0.5, 0.6) is 0 Å². The first-order valence-corrected chi connectivity index (χ1v) is 9.93. The monoisotopic (exact) mass is 366 g/mol. The van der Waals surface area contributed by atoms with Crippen LogP contribution < -0.4 is 5.32 Å². The maximum atomic E-state index is 12.2. The third kappa shape index (κ3) is 6.49. The first-order chi connectivity index (χ1) is 13.2. The van der Waals surface area contributed by atoms with E-state index in [0.29, 0.717) is 19.1 Å². The van der Waals surface area contributed by atoms with Gasteiger partial charge in [-0.15, -0.1) is 0 Å². The van der Waals surface area contributed by atoms with Gasteiger partial charge < -0.3 is 15.0 Å². The van der Waals surface area contributed by atoms with Gasteiger partial charge in [-0.2, -0.15) is 0 Å². The van der Waals surface area contributed by atoms with E-state index in [1.54, 1.807) is 0 Å². The van der Waals surface area contributed by atoms with Crippen LogP contribution in [0, 0.1) is 0 Å². The van der Waals surface area contributed by atoms with Crippen LogP contribution in [0.4, 0.5) is 0 Å². The Morgan fingerprint density at radius 1 is 1.07 bits per heavy atom. The summed E-state index contributed by atoms with van der Waals surface area (Å²) < 4.78 is 6.04. The number of nitrogens with zero attached hydrogens (tertiary/aromatic N) is 1. The fourth-order valence-electron chi connectivity index (χ4n) is 3.49. The third-order valence-electron chi connectivity index (χ3n) is 5.20. The van der Waals surface area contributed by atoms with Gasteiger partial charge in [0.15, 0.2) is 0 Å². The first kappa shape index (κ1) is 19.6. The van der Waals surface area contributed by atoms with Crippen LogP contribution in [-0.4, -0.2) is 36.5 Å². The van der Waals surface area contributed by atoms with Gasteiger partial charge in [0.05, 0.1) is 18.8 Å². The lowest BCUT2D eigenvalue weighted by molar-refractivity contribution is -0.122. The zero-order valence-corrected chi connectivity index (χ0v) is 16.1. The Labute approximate surface area is 162 Å². The van der Waals surface area contributed by atoms with Gasteiger partial charge in [0.25, 0.3) is 0 Å². The molecule has 1 N–H and O–H groups in total. The predicted octanol–water partition coefficient (Wildman–Crippen LogP) is 3.94. The van der Waals surface area contributed by atoms with E-state index in [9.17, 15) is 4.79 Å². The average Bonchev–Trinajstić information content (AvgIpc) is 2.73. The van der Waals surface area contributed by atoms with E-state index in [1.807, 2.05) is 55.5 Å². The van der Waals surface area contributed by atoms with E-state index in [2.05, 4.69) is 22.3 Å². The van der Waals surface area contributed by atoms with Crippen molar-refractivity contribution in [2.45, 2.75) is 44.9 Å². The molecule has 0 saturated carbocycles. The lowest BCUT2D eigenvalue weighted by Gasteiger charge is -2.31. The topological polar surface area (TPSA) is 41.6 Å². The molecule has 4 heteroatoms. The Morgan fingerprint density at radius 3 is 2.37 bits per heavy atom. The normalized spacial score (nSPS) is 16.8. The van der Waals surface area contributed by atoms with Crippen LogP contribution in [0.25, 0.3) is 0 Å². The molecule has 0 spiro atoms. The van der Waals surface area contributed by atoms with E-state index in [1.165, 1.54) is 5.56 Å². The molecule has 0 bridgehead atoms. The molecular formula is C23H30N2O2. The number of hydrogen-bond acceptors (Lipinski definition) is 3. The van der Waals surface area contributed by atoms with Gasteiger partial charge in [-0.1, -0.05) is 60.7 Å². The highest BCUT2D eigenvalue weighted by atomic mass is 16.5. The molecule has 144 valence electrons. The lowest BCUT2D eigenvalue weighted by atomic mass is 10.1. The molecule has 1 aliphatic heterocycles. The van der Waals surface area contributed by atoms with Crippen LogP contribution in [0.1, 0.15) is 43.4 Å². The van der Waals surface area contributed by atoms with Crippen molar-refractivity contribution in [1.82, 2.24) is 10.2 Å². The number of likely N-dealkylation sites (tertiary alicyclic amines) is 1. The summed E-state index contributed by atoms with van der Waals surface area (Å²) in [6.45, 7) is 5.54. The van der Waals surface area contributed by atoms with Crippen LogP contribution in [0.3, 0.4) is 0 Å². The van der Waals surface area contributed by atoms with Crippen LogP contribution in [0.2, 0.25) is 0 Å². The van der Waals surface area contributed by atoms with Gasteiger partial charge in [-0.3, -0.25) is 4.79 Å². The summed E-state index contributed by atoms with van der Waals surface area (Å²) in [6, 6.07) is 20.5. The molecule has 4 nitrogen and oxygen atoms in total. The summed E-state index contributed by atoms with van der Waals surface area (Å²) in [5.74, 6) is 0.119. The zero-order chi connectivity index (χ0) is 18.9. The Hall–Kier alpha value is -2.17. The minimum Gasteiger partial charge on any atom is -0.373 e. The van der Waals surface area contributed by atoms with Crippen molar-refractivity contribution in [3.05, 3.63) is 71.8 Å². The summed E-state index contributed by atoms with van der Waals surface area (Å²) >= 11 is 0. The van der Waals surface area contributed by atoms with Crippen LogP contribution >= 0.6 is 0 Å². The summed E-state index contributed by atoms with van der Waals surface area (Å²) in [4.78, 5) is 14.6. The van der Waals surface area contributed by atoms with Crippen molar-refractivity contribution < 1.29 is 9.53 Å². The van der Waals surface area contributed by atoms with Crippen molar-refractivity contribution in [2.24, 2.45) is 0 Å². The highest BCUT2D eigenvalue weighted by Crippen LogP contribution is 2.16. The van der Waals surface area contributed by atoms with Crippen molar-refractivity contribution in [2.75, 3.05) is 19.6 Å². The Morgan fingerprint density at radius 2 is 1.70 bits per heavy atom. The molecule has 0 aromatic heterocycles. The molecule has 1 fully saturated rings. The third-order valence-corrected chi connectivity index (χ3v) is 5.20. The van der Waals surface area contributed by atoms with Crippen molar-refractivity contribution in [3.8, 4) is 0 Å². The van der Waals surface area contributed by atoms with Crippen molar-refractivity contribution >= 4 is 5.91 Å². The maximum Gasteiger partial charge on any atom is 0.221 e. The smallest absolute Gasteiger partial charge is 0.221 e. The van der Waals surface area contributed by atoms with Crippen LogP contribution in [0.15, 0.2) is 60.7 Å². The molecule has 0 radical (unpaired) electrons. The maximum absolute atomic E-state index is 12.2. The Balaban J connectivity index is 1.31. The standard InChI is InChI=1S/C23H30N2O2/c1-19(21-10-6-3-7-11-21)24-23(26)14-17-25-15-12-22(13-16-25)27-18-20-8-4-2-5-9-20/h2-11,19,22H,12-18H2,1H3,(H,24,26). The second kappa shape index (κ2) is 10.2. The molecule has 1 unspecified atom stereocenters. The first-order valence-electron chi connectivity index (χ1n) is 9.93. The quantitative estimate of drug-likeness (QED) is 0.769. The fraction of sp³-hybridized carbons (Fsp3) is 0.435. The van der Waals surface area contributed by atoms with E-state index in [-0.39, 0.29) is 11.9 Å². The molecule has 3 rings (SSSR count). The number of amides is 1. The van der Waals surface area contributed by atoms with Gasteiger partial charge in [0.2, 0.25) is 5.91 Å². The van der Waals surface area contributed by atoms with E-state index < -0.39 is 0 Å². The Kier molecular flexibility index (Phi) is 7.43. The number of benzene rings is 2. The van der Waals surface area contributed by atoms with Gasteiger partial charge >= 0.3 is 0 Å². The summed E-state index contributed by atoms with van der Waals surface area (Å²) in [6.07, 6.45) is 2.95. The number of rotatable bonds is 8. The largest absolute Gasteiger partial charge is 0.373 e. The summed E-state index contributed by atoms with van der Waals surface area (Å²) in [5.41, 5.74) is 2.37. The summed E-state index contributed by atoms with van der Waals surface area (Å²) in [7, 11) is 0. The van der Waals surface area contributed by atoms with Gasteiger partial charge in [-0.05, 0) is 30.9 Å². The second-order valence-corrected chi connectivity index (χ2v) is 7.29. The SMILES string of the molecule is CC(NC(=O)CCN1CCC(OCc2ccccc2)CC1)c1ccccc1. The van der Waals surface area contributed by atoms with Gasteiger partial charge in [0.1, 0.15) is 0 Å². The minimum atomic E-state index is 0.0517. The van der Waals surface area contributed by atoms with Crippen molar-refractivity contribution in [3.63, 3.8) is 0 Å². The number of ether oxygens (including phenoxy) is 1. The Bertz CT molecular complexity index is 682. The van der Waals surface area contributed by atoms with E-state index in [4.69, 9.17) is 4.74 Å². The van der Waals surface area contributed by atoms with E-state index >= 15 is 0 Å². The molecule has 0 aliphatic carbocycles. The molecule has 2 aromatic carbocycles. The molecule has 1 amide bonds. The average molecular weight is 367 g/mol. The summed E-state index contributed by atoms with van der Waals surface area (Å²) in [5, 5.41) is 3.09. The van der Waals surface area contributed by atoms with Crippen LogP contribution in [-0.2, 0) is 16.1 Å². The molecular weight excluding hydrogens is 336 g/mol. The second-order valence-electron chi connectivity index (χ2n) is 7.29. The highest BCUT2D eigenvalue weighted by molar-refractivity contribution is 5.76. The van der Waals surface area contributed by atoms with Gasteiger partial charge in [-0.25, -0.2) is 0 Å². The van der Waals surface area contributed by atoms with E-state index in [0.717, 1.165) is 38.0 Å². The number of carbonyl (C=O) groups is 1. The number of hydrogen-bond donors (Lipinski definition) is 1. The molecule has 27 heavy (non-hydrogen) atoms. The minimum absolute atomic E-state index is 0.0517. The van der Waals surface area contributed by atoms with Gasteiger partial charge in [0, 0.05) is 26.1 Å². The highest BCUT2D eigenvalue weighted by Gasteiger charge is 2.20. The zero-order valence-electron chi connectivity index (χ0n) is 16.1. The number of carbonyl (C=O) groups excluding carboxylic acids is 1. The molecule has 1 atom stereocenters.